The number of fused-ring (bicyclic) bond motifs is 1. The summed E-state index contributed by atoms with van der Waals surface area (Å²) in [7, 11) is 0. The molecule has 2 aromatic heterocycles. The van der Waals surface area contributed by atoms with Crippen molar-refractivity contribution in [3.05, 3.63) is 24.2 Å². The third kappa shape index (κ3) is 3.15. The van der Waals surface area contributed by atoms with E-state index in [0.717, 1.165) is 6.07 Å². The maximum Gasteiger partial charge on any atom is 0.435 e. The van der Waals surface area contributed by atoms with E-state index in [1.54, 1.807) is 0 Å². The fourth-order valence-electron chi connectivity index (χ4n) is 1.55. The molecule has 0 bridgehead atoms. The van der Waals surface area contributed by atoms with E-state index < -0.39 is 11.9 Å². The number of alkyl halides is 3. The zero-order chi connectivity index (χ0) is 14.3. The van der Waals surface area contributed by atoms with Crippen molar-refractivity contribution in [1.29, 1.82) is 0 Å². The quantitative estimate of drug-likeness (QED) is 0.912. The van der Waals surface area contributed by atoms with Crippen molar-refractivity contribution in [2.24, 2.45) is 5.41 Å². The van der Waals surface area contributed by atoms with Crippen molar-refractivity contribution in [3.8, 4) is 0 Å². The van der Waals surface area contributed by atoms with E-state index in [1.807, 2.05) is 20.8 Å². The van der Waals surface area contributed by atoms with E-state index in [2.05, 4.69) is 15.4 Å². The number of hydrogen-bond acceptors (Lipinski definition) is 3. The molecule has 0 atom stereocenters. The van der Waals surface area contributed by atoms with Crippen LogP contribution in [0.1, 0.15) is 26.5 Å². The van der Waals surface area contributed by atoms with Crippen molar-refractivity contribution in [3.63, 3.8) is 0 Å². The van der Waals surface area contributed by atoms with Crippen LogP contribution in [0.5, 0.6) is 0 Å². The largest absolute Gasteiger partial charge is 0.435 e. The second-order valence-electron chi connectivity index (χ2n) is 5.55. The fourth-order valence-corrected chi connectivity index (χ4v) is 1.55. The number of halogens is 3. The Labute approximate surface area is 108 Å². The van der Waals surface area contributed by atoms with Gasteiger partial charge in [0.05, 0.1) is 0 Å². The van der Waals surface area contributed by atoms with Crippen molar-refractivity contribution in [2.75, 3.05) is 11.9 Å². The standard InChI is InChI=1S/C12H15F3N4/c1-11(2,3)7-17-10-8-6-9(12(13,14)15)18-19(8)5-4-16-10/h4-6H,7H2,1-3H3,(H,16,17). The molecule has 2 aromatic rings. The van der Waals surface area contributed by atoms with Crippen LogP contribution in [0, 0.1) is 5.41 Å². The van der Waals surface area contributed by atoms with Crippen LogP contribution in [0.3, 0.4) is 0 Å². The molecule has 0 spiro atoms. The highest BCUT2D eigenvalue weighted by molar-refractivity contribution is 5.67. The molecule has 7 heteroatoms. The molecule has 2 heterocycles. The maximum atomic E-state index is 12.6. The molecule has 0 radical (unpaired) electrons. The van der Waals surface area contributed by atoms with Gasteiger partial charge in [-0.05, 0) is 5.41 Å². The van der Waals surface area contributed by atoms with Crippen LogP contribution < -0.4 is 5.32 Å². The summed E-state index contributed by atoms with van der Waals surface area (Å²) in [6.45, 7) is 6.68. The molecule has 2 rings (SSSR count). The van der Waals surface area contributed by atoms with Gasteiger partial charge in [-0.1, -0.05) is 20.8 Å². The Morgan fingerprint density at radius 3 is 2.53 bits per heavy atom. The molecule has 0 aromatic carbocycles. The second kappa shape index (κ2) is 4.40. The highest BCUT2D eigenvalue weighted by atomic mass is 19.4. The lowest BCUT2D eigenvalue weighted by Crippen LogP contribution is -2.19. The summed E-state index contributed by atoms with van der Waals surface area (Å²) in [4.78, 5) is 4.07. The second-order valence-corrected chi connectivity index (χ2v) is 5.55. The van der Waals surface area contributed by atoms with Crippen molar-refractivity contribution < 1.29 is 13.2 Å². The highest BCUT2D eigenvalue weighted by Crippen LogP contribution is 2.30. The SMILES string of the molecule is CC(C)(C)CNc1nccn2nc(C(F)(F)F)cc12. The summed E-state index contributed by atoms with van der Waals surface area (Å²) in [6.07, 6.45) is -1.63. The maximum absolute atomic E-state index is 12.6. The molecule has 0 saturated heterocycles. The molecule has 0 fully saturated rings. The van der Waals surface area contributed by atoms with E-state index in [-0.39, 0.29) is 5.41 Å². The molecular formula is C12H15F3N4. The number of nitrogens with zero attached hydrogens (tertiary/aromatic N) is 3. The summed E-state index contributed by atoms with van der Waals surface area (Å²) in [5.41, 5.74) is -0.597. The van der Waals surface area contributed by atoms with Gasteiger partial charge in [0.2, 0.25) is 0 Å². The highest BCUT2D eigenvalue weighted by Gasteiger charge is 2.34. The van der Waals surface area contributed by atoms with Crippen LogP contribution in [0.2, 0.25) is 0 Å². The minimum atomic E-state index is -4.45. The van der Waals surface area contributed by atoms with Gasteiger partial charge in [-0.2, -0.15) is 18.3 Å². The Hall–Kier alpha value is -1.79. The first-order valence-corrected chi connectivity index (χ1v) is 5.82. The smallest absolute Gasteiger partial charge is 0.368 e. The molecule has 0 saturated carbocycles. The number of nitrogens with one attached hydrogen (secondary N) is 1. The minimum absolute atomic E-state index is 0.00138. The Kier molecular flexibility index (Phi) is 3.15. The Bertz CT molecular complexity index is 581. The zero-order valence-corrected chi connectivity index (χ0v) is 10.9. The molecule has 0 aliphatic carbocycles. The lowest BCUT2D eigenvalue weighted by molar-refractivity contribution is -0.141. The average Bonchev–Trinajstić information content (AvgIpc) is 2.68. The molecule has 4 nitrogen and oxygen atoms in total. The predicted octanol–water partition coefficient (Wildman–Crippen LogP) is 3.21. The third-order valence-corrected chi connectivity index (χ3v) is 2.47. The first-order chi connectivity index (χ1) is 8.67. The Balaban J connectivity index is 2.37. The lowest BCUT2D eigenvalue weighted by Gasteiger charge is -2.19. The van der Waals surface area contributed by atoms with Gasteiger partial charge in [-0.15, -0.1) is 0 Å². The molecule has 0 aliphatic heterocycles. The average molecular weight is 272 g/mol. The van der Waals surface area contributed by atoms with Crippen LogP contribution in [-0.4, -0.2) is 21.1 Å². The lowest BCUT2D eigenvalue weighted by atomic mass is 9.97. The first-order valence-electron chi connectivity index (χ1n) is 5.82. The van der Waals surface area contributed by atoms with Gasteiger partial charge in [0.25, 0.3) is 0 Å². The normalized spacial score (nSPS) is 12.9. The van der Waals surface area contributed by atoms with Gasteiger partial charge in [0, 0.05) is 25.0 Å². The summed E-state index contributed by atoms with van der Waals surface area (Å²) in [5, 5.41) is 6.55. The topological polar surface area (TPSA) is 42.2 Å². The van der Waals surface area contributed by atoms with E-state index in [0.29, 0.717) is 17.9 Å². The summed E-state index contributed by atoms with van der Waals surface area (Å²) < 4.78 is 39.0. The molecule has 1 N–H and O–H groups in total. The monoisotopic (exact) mass is 272 g/mol. The van der Waals surface area contributed by atoms with Crippen LogP contribution >= 0.6 is 0 Å². The predicted molar refractivity (Wildman–Crippen MR) is 65.9 cm³/mol. The number of aromatic nitrogens is 3. The van der Waals surface area contributed by atoms with E-state index in [1.165, 1.54) is 16.9 Å². The minimum Gasteiger partial charge on any atom is -0.368 e. The molecular weight excluding hydrogens is 257 g/mol. The van der Waals surface area contributed by atoms with Crippen LogP contribution in [0.15, 0.2) is 18.5 Å². The molecule has 104 valence electrons. The van der Waals surface area contributed by atoms with Crippen LogP contribution in [0.25, 0.3) is 5.52 Å². The molecule has 19 heavy (non-hydrogen) atoms. The molecule has 0 aliphatic rings. The summed E-state index contributed by atoms with van der Waals surface area (Å²) >= 11 is 0. The Morgan fingerprint density at radius 1 is 1.26 bits per heavy atom. The van der Waals surface area contributed by atoms with Crippen molar-refractivity contribution in [1.82, 2.24) is 14.6 Å². The van der Waals surface area contributed by atoms with Crippen LogP contribution in [0.4, 0.5) is 19.0 Å². The van der Waals surface area contributed by atoms with E-state index >= 15 is 0 Å². The molecule has 0 amide bonds. The third-order valence-electron chi connectivity index (χ3n) is 2.47. The number of anilines is 1. The first kappa shape index (κ1) is 13.6. The van der Waals surface area contributed by atoms with Gasteiger partial charge < -0.3 is 5.32 Å². The Morgan fingerprint density at radius 2 is 1.95 bits per heavy atom. The van der Waals surface area contributed by atoms with Crippen molar-refractivity contribution in [2.45, 2.75) is 26.9 Å². The van der Waals surface area contributed by atoms with E-state index in [9.17, 15) is 13.2 Å². The summed E-state index contributed by atoms with van der Waals surface area (Å²) in [6, 6.07) is 0.998. The van der Waals surface area contributed by atoms with E-state index in [4.69, 9.17) is 0 Å². The van der Waals surface area contributed by atoms with Gasteiger partial charge in [0.1, 0.15) is 5.52 Å². The van der Waals surface area contributed by atoms with Crippen molar-refractivity contribution >= 4 is 11.3 Å². The number of rotatable bonds is 2. The summed E-state index contributed by atoms with van der Waals surface area (Å²) in [5.74, 6) is 0.403. The van der Waals surface area contributed by atoms with Gasteiger partial charge in [-0.3, -0.25) is 0 Å². The number of hydrogen-bond donors (Lipinski definition) is 1. The van der Waals surface area contributed by atoms with Gasteiger partial charge in [-0.25, -0.2) is 9.50 Å². The zero-order valence-electron chi connectivity index (χ0n) is 10.9. The van der Waals surface area contributed by atoms with Gasteiger partial charge >= 0.3 is 6.18 Å². The molecule has 0 unspecified atom stereocenters. The fraction of sp³-hybridized carbons (Fsp3) is 0.500. The van der Waals surface area contributed by atoms with Crippen LogP contribution in [-0.2, 0) is 6.18 Å². The van der Waals surface area contributed by atoms with Gasteiger partial charge in [0.15, 0.2) is 11.5 Å².